The van der Waals surface area contributed by atoms with Crippen molar-refractivity contribution in [2.24, 2.45) is 0 Å². The van der Waals surface area contributed by atoms with Gasteiger partial charge in [0.2, 0.25) is 0 Å². The Bertz CT molecular complexity index is 373. The fourth-order valence-corrected chi connectivity index (χ4v) is 2.34. The summed E-state index contributed by atoms with van der Waals surface area (Å²) in [4.78, 5) is 11.5. The molecule has 0 aromatic carbocycles. The van der Waals surface area contributed by atoms with Gasteiger partial charge in [0.15, 0.2) is 5.69 Å². The van der Waals surface area contributed by atoms with Crippen LogP contribution in [-0.4, -0.2) is 35.9 Å². The van der Waals surface area contributed by atoms with Crippen LogP contribution in [0.1, 0.15) is 29.0 Å². The minimum Gasteiger partial charge on any atom is -0.461 e. The molecule has 0 spiro atoms. The lowest BCUT2D eigenvalue weighted by atomic mass is 9.99. The van der Waals surface area contributed by atoms with Crippen LogP contribution in [-0.2, 0) is 4.74 Å². The number of ether oxygens (including phenoxy) is 1. The van der Waals surface area contributed by atoms with Crippen LogP contribution < -0.4 is 5.32 Å². The average Bonchev–Trinajstić information content (AvgIpc) is 2.46. The van der Waals surface area contributed by atoms with Gasteiger partial charge in [-0.05, 0) is 29.5 Å². The fourth-order valence-electron chi connectivity index (χ4n) is 1.44. The Morgan fingerprint density at radius 3 is 2.93 bits per heavy atom. The molecule has 1 aliphatic heterocycles. The molecule has 0 radical (unpaired) electrons. The Balaban J connectivity index is 2.19. The van der Waals surface area contributed by atoms with E-state index in [0.717, 1.165) is 22.4 Å². The number of nitrogens with one attached hydrogen (secondary N) is 2. The van der Waals surface area contributed by atoms with Gasteiger partial charge >= 0.3 is 5.97 Å². The molecule has 1 aromatic rings. The first-order valence-electron chi connectivity index (χ1n) is 4.85. The minimum absolute atomic E-state index is 0.350. The highest BCUT2D eigenvalue weighted by atomic mass is 127. The van der Waals surface area contributed by atoms with Crippen LogP contribution in [0.5, 0.6) is 0 Å². The zero-order valence-electron chi connectivity index (χ0n) is 8.34. The smallest absolute Gasteiger partial charge is 0.359 e. The lowest BCUT2D eigenvalue weighted by Crippen LogP contribution is -2.40. The number of H-pyrrole nitrogens is 1. The highest BCUT2D eigenvalue weighted by Gasteiger charge is 2.27. The van der Waals surface area contributed by atoms with Crippen LogP contribution in [0.3, 0.4) is 0 Å². The third-order valence-corrected chi connectivity index (χ3v) is 3.48. The van der Waals surface area contributed by atoms with E-state index in [1.54, 1.807) is 6.92 Å². The lowest BCUT2D eigenvalue weighted by Gasteiger charge is -2.26. The number of aromatic amines is 1. The largest absolute Gasteiger partial charge is 0.461 e. The predicted molar refractivity (Wildman–Crippen MR) is 62.9 cm³/mol. The van der Waals surface area contributed by atoms with Crippen LogP contribution in [0.25, 0.3) is 0 Å². The zero-order chi connectivity index (χ0) is 10.8. The lowest BCUT2D eigenvalue weighted by molar-refractivity contribution is 0.0518. The summed E-state index contributed by atoms with van der Waals surface area (Å²) in [7, 11) is 0. The number of hydrogen-bond acceptors (Lipinski definition) is 4. The molecule has 1 aromatic heterocycles. The Labute approximate surface area is 101 Å². The summed E-state index contributed by atoms with van der Waals surface area (Å²) in [6, 6.07) is 0. The number of carbonyl (C=O) groups excluding carboxylic acids is 1. The van der Waals surface area contributed by atoms with Gasteiger partial charge in [-0.2, -0.15) is 5.10 Å². The van der Waals surface area contributed by atoms with E-state index < -0.39 is 0 Å². The maximum absolute atomic E-state index is 11.5. The summed E-state index contributed by atoms with van der Waals surface area (Å²) in [5, 5.41) is 10.1. The molecule has 0 amide bonds. The average molecular weight is 321 g/mol. The molecular weight excluding hydrogens is 309 g/mol. The minimum atomic E-state index is -0.350. The Hall–Kier alpha value is -0.630. The Morgan fingerprint density at radius 2 is 2.40 bits per heavy atom. The Morgan fingerprint density at radius 1 is 1.67 bits per heavy atom. The highest BCUT2D eigenvalue weighted by molar-refractivity contribution is 14.1. The highest BCUT2D eigenvalue weighted by Crippen LogP contribution is 2.25. The van der Waals surface area contributed by atoms with Gasteiger partial charge in [-0.1, -0.05) is 0 Å². The summed E-state index contributed by atoms with van der Waals surface area (Å²) in [5.74, 6) is 0.101. The molecule has 2 rings (SSSR count). The first kappa shape index (κ1) is 10.9. The normalized spacial score (nSPS) is 16.1. The van der Waals surface area contributed by atoms with Gasteiger partial charge in [0, 0.05) is 19.0 Å². The van der Waals surface area contributed by atoms with E-state index in [1.807, 2.05) is 0 Å². The molecule has 1 fully saturated rings. The third kappa shape index (κ3) is 2.00. The molecule has 1 aliphatic rings. The Kier molecular flexibility index (Phi) is 3.25. The van der Waals surface area contributed by atoms with Gasteiger partial charge in [0.25, 0.3) is 0 Å². The van der Waals surface area contributed by atoms with E-state index in [2.05, 4.69) is 38.1 Å². The van der Waals surface area contributed by atoms with Gasteiger partial charge in [-0.3, -0.25) is 5.10 Å². The van der Waals surface area contributed by atoms with E-state index in [-0.39, 0.29) is 5.97 Å². The van der Waals surface area contributed by atoms with Crippen LogP contribution >= 0.6 is 22.6 Å². The quantitative estimate of drug-likeness (QED) is 0.641. The van der Waals surface area contributed by atoms with Crippen LogP contribution in [0.4, 0.5) is 0 Å². The van der Waals surface area contributed by atoms with Crippen molar-refractivity contribution in [1.82, 2.24) is 15.5 Å². The van der Waals surface area contributed by atoms with Crippen molar-refractivity contribution in [2.45, 2.75) is 12.8 Å². The maximum atomic E-state index is 11.5. The van der Waals surface area contributed by atoms with E-state index in [1.165, 1.54) is 0 Å². The van der Waals surface area contributed by atoms with Crippen molar-refractivity contribution in [2.75, 3.05) is 19.7 Å². The van der Waals surface area contributed by atoms with E-state index >= 15 is 0 Å². The molecule has 0 atom stereocenters. The number of esters is 1. The molecule has 2 N–H and O–H groups in total. The zero-order valence-corrected chi connectivity index (χ0v) is 10.5. The molecule has 1 saturated heterocycles. The number of hydrogen-bond donors (Lipinski definition) is 2. The summed E-state index contributed by atoms with van der Waals surface area (Å²) in [5.41, 5.74) is 1.44. The first-order chi connectivity index (χ1) is 7.24. The topological polar surface area (TPSA) is 67.0 Å². The molecule has 2 heterocycles. The second kappa shape index (κ2) is 4.48. The standard InChI is InChI=1S/C9H12IN3O2/c1-2-15-9(14)8-6(10)7(12-13-8)5-3-11-4-5/h5,11H,2-4H2,1H3,(H,12,13). The van der Waals surface area contributed by atoms with Crippen LogP contribution in [0, 0.1) is 3.57 Å². The number of rotatable bonds is 3. The van der Waals surface area contributed by atoms with Crippen molar-refractivity contribution < 1.29 is 9.53 Å². The van der Waals surface area contributed by atoms with Gasteiger partial charge in [0.05, 0.1) is 15.9 Å². The van der Waals surface area contributed by atoms with Crippen molar-refractivity contribution in [1.29, 1.82) is 0 Å². The molecule has 0 aliphatic carbocycles. The monoisotopic (exact) mass is 321 g/mol. The van der Waals surface area contributed by atoms with Gasteiger partial charge in [-0.15, -0.1) is 0 Å². The molecule has 0 bridgehead atoms. The van der Waals surface area contributed by atoms with Crippen molar-refractivity contribution in [3.8, 4) is 0 Å². The number of halogens is 1. The third-order valence-electron chi connectivity index (χ3n) is 2.39. The van der Waals surface area contributed by atoms with Crippen LogP contribution in [0.2, 0.25) is 0 Å². The second-order valence-electron chi connectivity index (χ2n) is 3.38. The molecular formula is C9H12IN3O2. The fraction of sp³-hybridized carbons (Fsp3) is 0.556. The number of carbonyl (C=O) groups is 1. The first-order valence-corrected chi connectivity index (χ1v) is 5.93. The maximum Gasteiger partial charge on any atom is 0.359 e. The molecule has 5 nitrogen and oxygen atoms in total. The van der Waals surface area contributed by atoms with E-state index in [0.29, 0.717) is 18.2 Å². The van der Waals surface area contributed by atoms with Gasteiger partial charge in [0.1, 0.15) is 0 Å². The predicted octanol–water partition coefficient (Wildman–Crippen LogP) is 0.878. The molecule has 6 heteroatoms. The molecule has 0 saturated carbocycles. The summed E-state index contributed by atoms with van der Waals surface area (Å²) in [6.45, 7) is 4.05. The van der Waals surface area contributed by atoms with Gasteiger partial charge < -0.3 is 10.1 Å². The van der Waals surface area contributed by atoms with Crippen LogP contribution in [0.15, 0.2) is 0 Å². The number of nitrogens with zero attached hydrogens (tertiary/aromatic N) is 1. The number of aromatic nitrogens is 2. The molecule has 82 valence electrons. The van der Waals surface area contributed by atoms with Crippen molar-refractivity contribution in [3.05, 3.63) is 15.0 Å². The van der Waals surface area contributed by atoms with Gasteiger partial charge in [-0.25, -0.2) is 4.79 Å². The summed E-state index contributed by atoms with van der Waals surface area (Å²) >= 11 is 2.14. The second-order valence-corrected chi connectivity index (χ2v) is 4.45. The van der Waals surface area contributed by atoms with Crippen molar-refractivity contribution in [3.63, 3.8) is 0 Å². The van der Waals surface area contributed by atoms with E-state index in [9.17, 15) is 4.79 Å². The van der Waals surface area contributed by atoms with Crippen molar-refractivity contribution >= 4 is 28.6 Å². The SMILES string of the molecule is CCOC(=O)c1n[nH]c(C2CNC2)c1I. The molecule has 0 unspecified atom stereocenters. The summed E-state index contributed by atoms with van der Waals surface area (Å²) in [6.07, 6.45) is 0. The summed E-state index contributed by atoms with van der Waals surface area (Å²) < 4.78 is 5.80. The van der Waals surface area contributed by atoms with E-state index in [4.69, 9.17) is 4.74 Å². The molecule has 15 heavy (non-hydrogen) atoms.